The number of aliphatic carboxylic acids is 1. The molecule has 0 unspecified atom stereocenters. The number of carbonyl (C=O) groups excluding carboxylic acids is 2. The maximum Gasteiger partial charge on any atom is 0.322 e. The number of carboxylic acid groups (broad SMARTS) is 1. The van der Waals surface area contributed by atoms with Gasteiger partial charge in [-0.3, -0.25) is 14.4 Å². The van der Waals surface area contributed by atoms with Gasteiger partial charge in [0.15, 0.2) is 0 Å². The lowest BCUT2D eigenvalue weighted by molar-refractivity contribution is -0.139. The summed E-state index contributed by atoms with van der Waals surface area (Å²) < 4.78 is 0. The molecule has 0 radical (unpaired) electrons. The van der Waals surface area contributed by atoms with Crippen molar-refractivity contribution in [2.24, 2.45) is 11.7 Å². The maximum atomic E-state index is 11.7. The molecule has 0 aliphatic heterocycles. The van der Waals surface area contributed by atoms with Gasteiger partial charge in [0.1, 0.15) is 12.6 Å². The third-order valence-electron chi connectivity index (χ3n) is 2.50. The van der Waals surface area contributed by atoms with E-state index in [0.29, 0.717) is 0 Å². The van der Waals surface area contributed by atoms with Crippen molar-refractivity contribution in [1.29, 1.82) is 0 Å². The van der Waals surface area contributed by atoms with Crippen molar-refractivity contribution in [3.8, 4) is 0 Å². The number of aliphatic hydroxyl groups excluding tert-OH is 1. The molecule has 0 aliphatic carbocycles. The molecular formula is C11H21N3O5. The second-order valence-corrected chi connectivity index (χ2v) is 4.61. The van der Waals surface area contributed by atoms with Gasteiger partial charge >= 0.3 is 5.97 Å². The Morgan fingerprint density at radius 1 is 1.16 bits per heavy atom. The minimum Gasteiger partial charge on any atom is -0.480 e. The number of rotatable bonds is 7. The zero-order chi connectivity index (χ0) is 15.2. The van der Waals surface area contributed by atoms with E-state index < -0.39 is 42.5 Å². The van der Waals surface area contributed by atoms with Crippen LogP contribution in [0.4, 0.5) is 0 Å². The van der Waals surface area contributed by atoms with Gasteiger partial charge in [-0.05, 0) is 12.8 Å². The van der Waals surface area contributed by atoms with E-state index in [0.717, 1.165) is 0 Å². The molecule has 0 fully saturated rings. The van der Waals surface area contributed by atoms with Crippen molar-refractivity contribution in [3.63, 3.8) is 0 Å². The Balaban J connectivity index is 4.61. The van der Waals surface area contributed by atoms with E-state index in [1.165, 1.54) is 6.92 Å². The molecule has 19 heavy (non-hydrogen) atoms. The maximum absolute atomic E-state index is 11.7. The van der Waals surface area contributed by atoms with Gasteiger partial charge in [0.05, 0.1) is 12.1 Å². The Kier molecular flexibility index (Phi) is 7.02. The normalized spacial score (nSPS) is 15.5. The minimum absolute atomic E-state index is 0.128. The largest absolute Gasteiger partial charge is 0.480 e. The van der Waals surface area contributed by atoms with E-state index in [-0.39, 0.29) is 5.92 Å². The van der Waals surface area contributed by atoms with Crippen LogP contribution in [0.3, 0.4) is 0 Å². The molecule has 110 valence electrons. The highest BCUT2D eigenvalue weighted by atomic mass is 16.4. The topological polar surface area (TPSA) is 142 Å². The Bertz CT molecular complexity index is 343. The van der Waals surface area contributed by atoms with E-state index in [4.69, 9.17) is 10.8 Å². The first-order valence-electron chi connectivity index (χ1n) is 5.90. The quantitative estimate of drug-likeness (QED) is 0.365. The summed E-state index contributed by atoms with van der Waals surface area (Å²) in [5.74, 6) is -2.70. The second kappa shape index (κ2) is 7.70. The van der Waals surface area contributed by atoms with Gasteiger partial charge in [-0.1, -0.05) is 13.8 Å². The highest BCUT2D eigenvalue weighted by Crippen LogP contribution is 2.00. The van der Waals surface area contributed by atoms with E-state index in [1.54, 1.807) is 13.8 Å². The number of carbonyl (C=O) groups is 3. The first-order chi connectivity index (χ1) is 8.66. The van der Waals surface area contributed by atoms with Crippen LogP contribution < -0.4 is 16.4 Å². The summed E-state index contributed by atoms with van der Waals surface area (Å²) in [4.78, 5) is 33.7. The molecule has 3 atom stereocenters. The lowest BCUT2D eigenvalue weighted by atomic mass is 10.0. The van der Waals surface area contributed by atoms with E-state index >= 15 is 0 Å². The van der Waals surface area contributed by atoms with Crippen molar-refractivity contribution in [2.75, 3.05) is 6.54 Å². The minimum atomic E-state index is -1.24. The molecule has 0 saturated heterocycles. The summed E-state index contributed by atoms with van der Waals surface area (Å²) >= 11 is 0. The van der Waals surface area contributed by atoms with Crippen molar-refractivity contribution in [2.45, 2.75) is 39.0 Å². The smallest absolute Gasteiger partial charge is 0.322 e. The third kappa shape index (κ3) is 6.16. The molecule has 0 saturated carbocycles. The number of aliphatic hydroxyl groups is 1. The average molecular weight is 275 g/mol. The molecule has 0 spiro atoms. The van der Waals surface area contributed by atoms with Gasteiger partial charge in [-0.25, -0.2) is 0 Å². The van der Waals surface area contributed by atoms with Gasteiger partial charge in [0.25, 0.3) is 0 Å². The van der Waals surface area contributed by atoms with Crippen LogP contribution in [0.25, 0.3) is 0 Å². The lowest BCUT2D eigenvalue weighted by Gasteiger charge is -2.23. The van der Waals surface area contributed by atoms with Crippen LogP contribution in [-0.2, 0) is 14.4 Å². The van der Waals surface area contributed by atoms with Crippen molar-refractivity contribution in [3.05, 3.63) is 0 Å². The molecule has 2 amide bonds. The molecule has 6 N–H and O–H groups in total. The summed E-state index contributed by atoms with van der Waals surface area (Å²) in [7, 11) is 0. The number of nitrogens with one attached hydrogen (secondary N) is 2. The molecule has 0 aliphatic rings. The highest BCUT2D eigenvalue weighted by Gasteiger charge is 2.28. The van der Waals surface area contributed by atoms with Crippen molar-refractivity contribution >= 4 is 17.8 Å². The van der Waals surface area contributed by atoms with Crippen LogP contribution in [0.1, 0.15) is 20.8 Å². The third-order valence-corrected chi connectivity index (χ3v) is 2.50. The standard InChI is InChI=1S/C11H21N3O5/c1-5(2)8(12)10(18)14-9(6(3)15)11(19)13-4-7(16)17/h5-6,8-9,15H,4,12H2,1-3H3,(H,13,19)(H,14,18)(H,16,17)/t6-,8+,9+/m1/s1. The fraction of sp³-hybridized carbons (Fsp3) is 0.727. The van der Waals surface area contributed by atoms with Gasteiger partial charge in [0.2, 0.25) is 11.8 Å². The molecule has 0 heterocycles. The molecule has 0 bridgehead atoms. The number of hydrogen-bond acceptors (Lipinski definition) is 5. The highest BCUT2D eigenvalue weighted by molar-refractivity contribution is 5.91. The number of hydrogen-bond donors (Lipinski definition) is 5. The summed E-state index contributed by atoms with van der Waals surface area (Å²) in [6.45, 7) is 4.21. The van der Waals surface area contributed by atoms with Crippen molar-refractivity contribution in [1.82, 2.24) is 10.6 Å². The molecule has 8 nitrogen and oxygen atoms in total. The molecule has 8 heteroatoms. The SMILES string of the molecule is CC(C)[C@H](N)C(=O)N[C@H](C(=O)NCC(=O)O)[C@@H](C)O. The van der Waals surface area contributed by atoms with Crippen LogP contribution in [0, 0.1) is 5.92 Å². The Morgan fingerprint density at radius 3 is 2.05 bits per heavy atom. The molecular weight excluding hydrogens is 254 g/mol. The average Bonchev–Trinajstić information content (AvgIpc) is 2.30. The fourth-order valence-corrected chi connectivity index (χ4v) is 1.23. The predicted octanol–water partition coefficient (Wildman–Crippen LogP) is -1.96. The number of amides is 2. The zero-order valence-electron chi connectivity index (χ0n) is 11.2. The van der Waals surface area contributed by atoms with Crippen LogP contribution in [0.5, 0.6) is 0 Å². The molecule has 0 aromatic rings. The van der Waals surface area contributed by atoms with Crippen LogP contribution in [0.2, 0.25) is 0 Å². The Hall–Kier alpha value is -1.67. The summed E-state index contributed by atoms with van der Waals surface area (Å²) in [6, 6.07) is -2.05. The Labute approximate surface area is 111 Å². The number of nitrogens with two attached hydrogens (primary N) is 1. The van der Waals surface area contributed by atoms with E-state index in [9.17, 15) is 19.5 Å². The van der Waals surface area contributed by atoms with Gasteiger partial charge in [-0.15, -0.1) is 0 Å². The summed E-state index contributed by atoms with van der Waals surface area (Å²) in [5, 5.41) is 22.3. The fourth-order valence-electron chi connectivity index (χ4n) is 1.23. The van der Waals surface area contributed by atoms with Gasteiger partial charge in [0, 0.05) is 0 Å². The molecule has 0 aromatic heterocycles. The monoisotopic (exact) mass is 275 g/mol. The first-order valence-corrected chi connectivity index (χ1v) is 5.90. The van der Waals surface area contributed by atoms with Crippen LogP contribution in [-0.4, -0.2) is 52.7 Å². The van der Waals surface area contributed by atoms with Gasteiger partial charge < -0.3 is 26.6 Å². The van der Waals surface area contributed by atoms with Crippen LogP contribution >= 0.6 is 0 Å². The number of carboxylic acids is 1. The van der Waals surface area contributed by atoms with E-state index in [1.807, 2.05) is 0 Å². The summed E-state index contributed by atoms with van der Waals surface area (Å²) in [6.07, 6.45) is -1.17. The molecule has 0 rings (SSSR count). The van der Waals surface area contributed by atoms with Crippen LogP contribution in [0.15, 0.2) is 0 Å². The van der Waals surface area contributed by atoms with E-state index in [2.05, 4.69) is 10.6 Å². The lowest BCUT2D eigenvalue weighted by Crippen LogP contribution is -2.57. The zero-order valence-corrected chi connectivity index (χ0v) is 11.2. The van der Waals surface area contributed by atoms with Gasteiger partial charge in [-0.2, -0.15) is 0 Å². The van der Waals surface area contributed by atoms with Crippen molar-refractivity contribution < 1.29 is 24.6 Å². The predicted molar refractivity (Wildman–Crippen MR) is 67.1 cm³/mol. The summed E-state index contributed by atoms with van der Waals surface area (Å²) in [5.41, 5.74) is 5.61. The molecule has 0 aromatic carbocycles. The second-order valence-electron chi connectivity index (χ2n) is 4.61. The Morgan fingerprint density at radius 2 is 1.68 bits per heavy atom. The first kappa shape index (κ1) is 17.3.